The molecule has 0 aromatic heterocycles. The number of sulfone groups is 1. The molecule has 1 aliphatic rings. The molecule has 0 spiro atoms. The quantitative estimate of drug-likeness (QED) is 0.490. The monoisotopic (exact) mass is 526 g/mol. The molecule has 1 fully saturated rings. The van der Waals surface area contributed by atoms with Crippen molar-refractivity contribution in [3.63, 3.8) is 0 Å². The molecular weight excluding hydrogens is 497 g/mol. The van der Waals surface area contributed by atoms with Crippen molar-refractivity contribution in [2.75, 3.05) is 31.1 Å². The van der Waals surface area contributed by atoms with Crippen LogP contribution in [0.15, 0.2) is 66.1 Å². The second-order valence-corrected chi connectivity index (χ2v) is 11.0. The average Bonchev–Trinajstić information content (AvgIpc) is 2.83. The van der Waals surface area contributed by atoms with Gasteiger partial charge >= 0.3 is 12.1 Å². The molecule has 0 amide bonds. The fraction of sp³-hybridized carbons (Fsp3) is 0.400. The van der Waals surface area contributed by atoms with Gasteiger partial charge in [-0.3, -0.25) is 4.90 Å². The number of alkyl halides is 3. The lowest BCUT2D eigenvalue weighted by atomic mass is 10.1. The number of nitrogens with zero attached hydrogens (tertiary/aromatic N) is 2. The summed E-state index contributed by atoms with van der Waals surface area (Å²) in [4.78, 5) is 15.0. The number of rotatable bonds is 9. The maximum absolute atomic E-state index is 13.4. The summed E-state index contributed by atoms with van der Waals surface area (Å²) < 4.78 is 70.8. The van der Waals surface area contributed by atoms with E-state index in [1.54, 1.807) is 17.0 Å². The Hall–Kier alpha value is -2.89. The van der Waals surface area contributed by atoms with E-state index in [1.807, 2.05) is 4.90 Å². The zero-order valence-electron chi connectivity index (χ0n) is 20.0. The minimum atomic E-state index is -4.40. The molecule has 0 saturated carbocycles. The van der Waals surface area contributed by atoms with Crippen LogP contribution < -0.4 is 4.90 Å². The first-order valence-electron chi connectivity index (χ1n) is 11.2. The number of halogens is 3. The molecule has 1 unspecified atom stereocenters. The van der Waals surface area contributed by atoms with Gasteiger partial charge in [-0.05, 0) is 55.8 Å². The number of piperazine rings is 1. The fourth-order valence-corrected chi connectivity index (χ4v) is 5.56. The number of ether oxygens (including phenoxy) is 1. The summed E-state index contributed by atoms with van der Waals surface area (Å²) in [7, 11) is -3.86. The Bertz CT molecular complexity index is 1190. The Labute approximate surface area is 208 Å². The maximum Gasteiger partial charge on any atom is 0.416 e. The van der Waals surface area contributed by atoms with Crippen molar-refractivity contribution < 1.29 is 36.2 Å². The molecule has 3 rings (SSSR count). The van der Waals surface area contributed by atoms with Gasteiger partial charge in [0.2, 0.25) is 0 Å². The van der Waals surface area contributed by atoms with Crippen LogP contribution in [0.4, 0.5) is 18.9 Å². The molecule has 0 aliphatic carbocycles. The van der Waals surface area contributed by atoms with Gasteiger partial charge in [-0.25, -0.2) is 13.2 Å². The lowest BCUT2D eigenvalue weighted by Crippen LogP contribution is -2.52. The number of hydrogen-bond donors (Lipinski definition) is 1. The first kappa shape index (κ1) is 27.7. The second-order valence-electron chi connectivity index (χ2n) is 8.99. The second kappa shape index (κ2) is 10.6. The Morgan fingerprint density at radius 2 is 1.72 bits per heavy atom. The van der Waals surface area contributed by atoms with Gasteiger partial charge in [0, 0.05) is 31.9 Å². The molecule has 1 aliphatic heterocycles. The number of anilines is 1. The lowest BCUT2D eigenvalue weighted by molar-refractivity contribution is -0.162. The smallest absolute Gasteiger partial charge is 0.416 e. The van der Waals surface area contributed by atoms with E-state index in [9.17, 15) is 31.5 Å². The lowest BCUT2D eigenvalue weighted by Gasteiger charge is -2.39. The number of hydrogen-bond acceptors (Lipinski definition) is 6. The van der Waals surface area contributed by atoms with Crippen LogP contribution in [-0.2, 0) is 32.2 Å². The van der Waals surface area contributed by atoms with Crippen LogP contribution in [0.1, 0.15) is 25.0 Å². The SMILES string of the molecule is C=CC(N1CCN(c2ccc(C(F)(F)F)cc2)CC1)S(=O)(=O)c1cccc(COC(C)(C)C(=O)O)c1. The summed E-state index contributed by atoms with van der Waals surface area (Å²) >= 11 is 0. The normalized spacial score (nSPS) is 16.5. The van der Waals surface area contributed by atoms with E-state index >= 15 is 0 Å². The summed E-state index contributed by atoms with van der Waals surface area (Å²) in [6.45, 7) is 8.07. The highest BCUT2D eigenvalue weighted by molar-refractivity contribution is 7.92. The van der Waals surface area contributed by atoms with Crippen molar-refractivity contribution in [2.24, 2.45) is 0 Å². The van der Waals surface area contributed by atoms with Crippen molar-refractivity contribution >= 4 is 21.5 Å². The van der Waals surface area contributed by atoms with E-state index < -0.39 is 38.5 Å². The van der Waals surface area contributed by atoms with Crippen LogP contribution in [0.25, 0.3) is 0 Å². The molecule has 2 aromatic carbocycles. The highest BCUT2D eigenvalue weighted by Crippen LogP contribution is 2.31. The zero-order chi connectivity index (χ0) is 26.7. The summed E-state index contributed by atoms with van der Waals surface area (Å²) in [5.74, 6) is -1.13. The minimum Gasteiger partial charge on any atom is -0.479 e. The molecule has 1 N–H and O–H groups in total. The highest BCUT2D eigenvalue weighted by Gasteiger charge is 2.34. The van der Waals surface area contributed by atoms with E-state index in [1.165, 1.54) is 44.2 Å². The molecule has 1 saturated heterocycles. The average molecular weight is 527 g/mol. The van der Waals surface area contributed by atoms with Gasteiger partial charge in [0.05, 0.1) is 17.1 Å². The van der Waals surface area contributed by atoms with Crippen LogP contribution in [0.3, 0.4) is 0 Å². The fourth-order valence-electron chi connectivity index (χ4n) is 3.85. The van der Waals surface area contributed by atoms with Crippen LogP contribution in [-0.4, -0.2) is 61.5 Å². The predicted octanol–water partition coefficient (Wildman–Crippen LogP) is 4.19. The van der Waals surface area contributed by atoms with E-state index in [4.69, 9.17) is 4.74 Å². The van der Waals surface area contributed by atoms with Crippen molar-refractivity contribution in [3.05, 3.63) is 72.3 Å². The van der Waals surface area contributed by atoms with E-state index in [0.29, 0.717) is 37.4 Å². The molecule has 196 valence electrons. The molecule has 7 nitrogen and oxygen atoms in total. The Kier molecular flexibility index (Phi) is 8.17. The molecule has 1 heterocycles. The predicted molar refractivity (Wildman–Crippen MR) is 129 cm³/mol. The topological polar surface area (TPSA) is 87.2 Å². The third-order valence-electron chi connectivity index (χ3n) is 6.10. The molecular formula is C25H29F3N2O5S. The van der Waals surface area contributed by atoms with E-state index in [0.717, 1.165) is 12.1 Å². The third-order valence-corrected chi connectivity index (χ3v) is 8.13. The largest absolute Gasteiger partial charge is 0.479 e. The van der Waals surface area contributed by atoms with Crippen molar-refractivity contribution in [1.29, 1.82) is 0 Å². The van der Waals surface area contributed by atoms with Crippen molar-refractivity contribution in [3.8, 4) is 0 Å². The van der Waals surface area contributed by atoms with Crippen molar-refractivity contribution in [1.82, 2.24) is 4.90 Å². The van der Waals surface area contributed by atoms with Gasteiger partial charge in [-0.1, -0.05) is 18.2 Å². The summed E-state index contributed by atoms with van der Waals surface area (Å²) in [5.41, 5.74) is -0.995. The number of carboxylic acids is 1. The number of carboxylic acid groups (broad SMARTS) is 1. The number of carbonyl (C=O) groups is 1. The van der Waals surface area contributed by atoms with Crippen LogP contribution in [0.2, 0.25) is 0 Å². The van der Waals surface area contributed by atoms with Gasteiger partial charge in [0.25, 0.3) is 0 Å². The van der Waals surface area contributed by atoms with Gasteiger partial charge in [0.1, 0.15) is 5.37 Å². The highest BCUT2D eigenvalue weighted by atomic mass is 32.2. The van der Waals surface area contributed by atoms with E-state index in [-0.39, 0.29) is 11.5 Å². The summed E-state index contributed by atoms with van der Waals surface area (Å²) in [6, 6.07) is 11.1. The molecule has 1 atom stereocenters. The summed E-state index contributed by atoms with van der Waals surface area (Å²) in [6.07, 6.45) is -3.04. The van der Waals surface area contributed by atoms with Gasteiger partial charge in [0.15, 0.2) is 15.4 Å². The van der Waals surface area contributed by atoms with Crippen LogP contribution >= 0.6 is 0 Å². The standard InChI is InChI=1S/C25H29F3N2O5S/c1-4-22(30-14-12-29(13-15-30)20-10-8-19(9-11-20)25(26,27)28)36(33,34)21-7-5-6-18(16-21)17-35-24(2,3)23(31)32/h4-11,16,22H,1,12-15,17H2,2-3H3,(H,31,32). The molecule has 0 radical (unpaired) electrons. The molecule has 0 bridgehead atoms. The Balaban J connectivity index is 1.69. The van der Waals surface area contributed by atoms with Gasteiger partial charge in [-0.2, -0.15) is 13.2 Å². The van der Waals surface area contributed by atoms with Gasteiger partial charge < -0.3 is 14.7 Å². The number of benzene rings is 2. The maximum atomic E-state index is 13.4. The summed E-state index contributed by atoms with van der Waals surface area (Å²) in [5, 5.41) is 8.20. The first-order valence-corrected chi connectivity index (χ1v) is 12.8. The number of aliphatic carboxylic acids is 1. The van der Waals surface area contributed by atoms with Crippen LogP contribution in [0.5, 0.6) is 0 Å². The Morgan fingerprint density at radius 3 is 2.25 bits per heavy atom. The van der Waals surface area contributed by atoms with Gasteiger partial charge in [-0.15, -0.1) is 6.58 Å². The Morgan fingerprint density at radius 1 is 1.11 bits per heavy atom. The van der Waals surface area contributed by atoms with E-state index in [2.05, 4.69) is 6.58 Å². The van der Waals surface area contributed by atoms with Crippen molar-refractivity contribution in [2.45, 2.75) is 42.5 Å². The molecule has 2 aromatic rings. The minimum absolute atomic E-state index is 0.0619. The zero-order valence-corrected chi connectivity index (χ0v) is 20.8. The third kappa shape index (κ3) is 6.26. The first-order chi connectivity index (χ1) is 16.8. The molecule has 36 heavy (non-hydrogen) atoms. The van der Waals surface area contributed by atoms with Crippen LogP contribution in [0, 0.1) is 0 Å². The molecule has 11 heteroatoms.